The summed E-state index contributed by atoms with van der Waals surface area (Å²) in [5.41, 5.74) is 4.75. The van der Waals surface area contributed by atoms with E-state index in [2.05, 4.69) is 68.4 Å². The Balaban J connectivity index is 2.14. The van der Waals surface area contributed by atoms with E-state index in [9.17, 15) is 0 Å². The molecule has 0 heterocycles. The topological polar surface area (TPSA) is 21.3 Å². The van der Waals surface area contributed by atoms with Crippen LogP contribution in [0, 0.1) is 6.92 Å². The van der Waals surface area contributed by atoms with E-state index in [0.29, 0.717) is 6.61 Å². The highest BCUT2D eigenvalue weighted by atomic mass is 79.9. The maximum Gasteiger partial charge on any atom is 0.0744 e. The van der Waals surface area contributed by atoms with Crippen LogP contribution < -0.4 is 5.32 Å². The van der Waals surface area contributed by atoms with Crippen molar-refractivity contribution in [3.63, 3.8) is 0 Å². The van der Waals surface area contributed by atoms with Crippen LogP contribution in [0.1, 0.15) is 16.7 Å². The molecule has 2 aromatic rings. The van der Waals surface area contributed by atoms with Crippen molar-refractivity contribution in [1.82, 2.24) is 0 Å². The Bertz CT molecular complexity index is 599. The molecular weight excluding hydrogens is 382 g/mol. The average molecular weight is 399 g/mol. The lowest BCUT2D eigenvalue weighted by Crippen LogP contribution is -2.04. The fourth-order valence-electron chi connectivity index (χ4n) is 2.03. The smallest absolute Gasteiger partial charge is 0.0744 e. The van der Waals surface area contributed by atoms with Crippen molar-refractivity contribution in [2.75, 3.05) is 12.4 Å². The molecule has 0 saturated carbocycles. The van der Waals surface area contributed by atoms with Gasteiger partial charge in [0, 0.05) is 33.9 Å². The molecule has 0 atom stereocenters. The minimum absolute atomic E-state index is 0.586. The van der Waals surface area contributed by atoms with Gasteiger partial charge in [0.25, 0.3) is 0 Å². The van der Waals surface area contributed by atoms with Crippen LogP contribution in [0.25, 0.3) is 0 Å². The Kier molecular flexibility index (Phi) is 5.64. The highest BCUT2D eigenvalue weighted by Gasteiger charge is 2.06. The quantitative estimate of drug-likeness (QED) is 0.739. The molecule has 0 unspecified atom stereocenters. The van der Waals surface area contributed by atoms with Gasteiger partial charge in [0.15, 0.2) is 0 Å². The van der Waals surface area contributed by atoms with Gasteiger partial charge in [-0.1, -0.05) is 50.1 Å². The van der Waals surface area contributed by atoms with E-state index in [1.807, 2.05) is 12.1 Å². The van der Waals surface area contributed by atoms with Crippen LogP contribution >= 0.6 is 31.9 Å². The molecule has 0 aliphatic carbocycles. The van der Waals surface area contributed by atoms with Gasteiger partial charge >= 0.3 is 0 Å². The molecule has 1 N–H and O–H groups in total. The summed E-state index contributed by atoms with van der Waals surface area (Å²) in [5, 5.41) is 3.48. The van der Waals surface area contributed by atoms with E-state index >= 15 is 0 Å². The zero-order valence-electron chi connectivity index (χ0n) is 11.5. The molecule has 0 aromatic heterocycles. The lowest BCUT2D eigenvalue weighted by Gasteiger charge is -2.14. The molecule has 0 aliphatic rings. The van der Waals surface area contributed by atoms with Crippen LogP contribution in [0.3, 0.4) is 0 Å². The zero-order valence-corrected chi connectivity index (χ0v) is 14.7. The molecule has 4 heteroatoms. The minimum atomic E-state index is 0.586. The largest absolute Gasteiger partial charge is 0.381 e. The number of nitrogens with one attached hydrogen (secondary N) is 1. The van der Waals surface area contributed by atoms with Crippen LogP contribution in [0.4, 0.5) is 5.69 Å². The number of halogens is 2. The Morgan fingerprint density at radius 2 is 1.90 bits per heavy atom. The zero-order chi connectivity index (χ0) is 14.5. The van der Waals surface area contributed by atoms with Gasteiger partial charge in [0.2, 0.25) is 0 Å². The van der Waals surface area contributed by atoms with Gasteiger partial charge in [0.1, 0.15) is 0 Å². The third-order valence-electron chi connectivity index (χ3n) is 3.11. The Labute approximate surface area is 136 Å². The lowest BCUT2D eigenvalue weighted by molar-refractivity contribution is 0.185. The lowest BCUT2D eigenvalue weighted by atomic mass is 10.1. The first-order chi connectivity index (χ1) is 9.61. The number of anilines is 1. The summed E-state index contributed by atoms with van der Waals surface area (Å²) >= 11 is 7.09. The maximum absolute atomic E-state index is 5.26. The van der Waals surface area contributed by atoms with Crippen LogP contribution in [0.15, 0.2) is 45.3 Å². The summed E-state index contributed by atoms with van der Waals surface area (Å²) in [6.07, 6.45) is 0. The fraction of sp³-hybridized carbons (Fsp3) is 0.250. The summed E-state index contributed by atoms with van der Waals surface area (Å²) in [6.45, 7) is 3.48. The highest BCUT2D eigenvalue weighted by Crippen LogP contribution is 2.26. The van der Waals surface area contributed by atoms with Gasteiger partial charge in [-0.05, 0) is 36.2 Å². The first-order valence-corrected chi connectivity index (χ1v) is 7.95. The highest BCUT2D eigenvalue weighted by molar-refractivity contribution is 9.10. The number of hydrogen-bond acceptors (Lipinski definition) is 2. The van der Waals surface area contributed by atoms with E-state index in [1.54, 1.807) is 7.11 Å². The fourth-order valence-corrected chi connectivity index (χ4v) is 2.76. The normalized spacial score (nSPS) is 10.6. The average Bonchev–Trinajstić information content (AvgIpc) is 2.43. The number of hydrogen-bond donors (Lipinski definition) is 1. The van der Waals surface area contributed by atoms with Crippen LogP contribution in [-0.4, -0.2) is 7.11 Å². The standard InChI is InChI=1S/C16H17Br2NO/c1-11-8-12(6-7-14(11)17)9-19-16-5-3-4-15(18)13(16)10-20-2/h3-8,19H,9-10H2,1-2H3. The summed E-state index contributed by atoms with van der Waals surface area (Å²) in [7, 11) is 1.71. The predicted molar refractivity (Wildman–Crippen MR) is 91.1 cm³/mol. The Morgan fingerprint density at radius 1 is 1.10 bits per heavy atom. The van der Waals surface area contributed by atoms with E-state index < -0.39 is 0 Å². The van der Waals surface area contributed by atoms with Crippen LogP contribution in [0.5, 0.6) is 0 Å². The van der Waals surface area contributed by atoms with E-state index in [4.69, 9.17) is 4.74 Å². The molecule has 0 aliphatic heterocycles. The third kappa shape index (κ3) is 3.84. The van der Waals surface area contributed by atoms with Gasteiger partial charge in [-0.15, -0.1) is 0 Å². The van der Waals surface area contributed by atoms with Crippen LogP contribution in [-0.2, 0) is 17.9 Å². The molecule has 20 heavy (non-hydrogen) atoms. The third-order valence-corrected chi connectivity index (χ3v) is 4.75. The van der Waals surface area contributed by atoms with Gasteiger partial charge in [-0.3, -0.25) is 0 Å². The first-order valence-electron chi connectivity index (χ1n) is 6.37. The Morgan fingerprint density at radius 3 is 2.60 bits per heavy atom. The molecular formula is C16H17Br2NO. The molecule has 0 bridgehead atoms. The Hall–Kier alpha value is -0.840. The van der Waals surface area contributed by atoms with Crippen molar-refractivity contribution in [3.8, 4) is 0 Å². The van der Waals surface area contributed by atoms with Gasteiger partial charge < -0.3 is 10.1 Å². The van der Waals surface area contributed by atoms with E-state index in [1.165, 1.54) is 11.1 Å². The van der Waals surface area contributed by atoms with Gasteiger partial charge in [0.05, 0.1) is 6.61 Å². The molecule has 0 amide bonds. The van der Waals surface area contributed by atoms with E-state index in [-0.39, 0.29) is 0 Å². The van der Waals surface area contributed by atoms with Crippen molar-refractivity contribution < 1.29 is 4.74 Å². The number of ether oxygens (including phenoxy) is 1. The molecule has 2 nitrogen and oxygen atoms in total. The molecule has 0 fully saturated rings. The van der Waals surface area contributed by atoms with Crippen LogP contribution in [0.2, 0.25) is 0 Å². The van der Waals surface area contributed by atoms with Crippen molar-refractivity contribution in [1.29, 1.82) is 0 Å². The van der Waals surface area contributed by atoms with Crippen molar-refractivity contribution in [2.45, 2.75) is 20.1 Å². The summed E-state index contributed by atoms with van der Waals surface area (Å²) in [5.74, 6) is 0. The second kappa shape index (κ2) is 7.25. The molecule has 0 spiro atoms. The second-order valence-electron chi connectivity index (χ2n) is 4.64. The van der Waals surface area contributed by atoms with Gasteiger partial charge in [-0.2, -0.15) is 0 Å². The number of rotatable bonds is 5. The minimum Gasteiger partial charge on any atom is -0.381 e. The van der Waals surface area contributed by atoms with Crippen molar-refractivity contribution >= 4 is 37.5 Å². The molecule has 2 aromatic carbocycles. The number of aryl methyl sites for hydroxylation is 1. The first kappa shape index (κ1) is 15.5. The molecule has 0 saturated heterocycles. The monoisotopic (exact) mass is 397 g/mol. The molecule has 106 valence electrons. The summed E-state index contributed by atoms with van der Waals surface area (Å²) < 4.78 is 7.47. The van der Waals surface area contributed by atoms with Gasteiger partial charge in [-0.25, -0.2) is 0 Å². The number of methoxy groups -OCH3 is 1. The van der Waals surface area contributed by atoms with Crippen molar-refractivity contribution in [3.05, 3.63) is 62.0 Å². The summed E-state index contributed by atoms with van der Waals surface area (Å²) in [6, 6.07) is 12.5. The molecule has 0 radical (unpaired) electrons. The van der Waals surface area contributed by atoms with E-state index in [0.717, 1.165) is 26.7 Å². The van der Waals surface area contributed by atoms with Crippen molar-refractivity contribution in [2.24, 2.45) is 0 Å². The maximum atomic E-state index is 5.26. The predicted octanol–water partition coefficient (Wildman–Crippen LogP) is 5.28. The SMILES string of the molecule is COCc1c(Br)cccc1NCc1ccc(Br)c(C)c1. The second-order valence-corrected chi connectivity index (χ2v) is 6.34. The molecule has 2 rings (SSSR count). The summed E-state index contributed by atoms with van der Waals surface area (Å²) in [4.78, 5) is 0. The number of benzene rings is 2.